The van der Waals surface area contributed by atoms with Gasteiger partial charge in [0.2, 0.25) is 0 Å². The van der Waals surface area contributed by atoms with Gasteiger partial charge in [-0.05, 0) is 67.7 Å². The molecule has 2 aliphatic heterocycles. The predicted molar refractivity (Wildman–Crippen MR) is 133 cm³/mol. The number of anilines is 1. The first-order valence-corrected chi connectivity index (χ1v) is 12.9. The van der Waals surface area contributed by atoms with Gasteiger partial charge in [0.1, 0.15) is 5.56 Å². The zero-order valence-electron chi connectivity index (χ0n) is 20.5. The highest BCUT2D eigenvalue weighted by molar-refractivity contribution is 5.85. The van der Waals surface area contributed by atoms with Crippen LogP contribution in [0.15, 0.2) is 36.5 Å². The molecule has 192 valence electrons. The lowest BCUT2D eigenvalue weighted by molar-refractivity contribution is -0.137. The molecule has 0 amide bonds. The number of ether oxygens (including phenoxy) is 1. The number of fused-ring (bicyclic) bond motifs is 2. The smallest absolute Gasteiger partial charge is 0.381 e. The van der Waals surface area contributed by atoms with Crippen molar-refractivity contribution in [2.24, 2.45) is 24.8 Å². The molecule has 1 unspecified atom stereocenters. The van der Waals surface area contributed by atoms with Gasteiger partial charge in [0.15, 0.2) is 5.82 Å². The van der Waals surface area contributed by atoms with Crippen LogP contribution in [0.4, 0.5) is 19.0 Å². The van der Waals surface area contributed by atoms with Gasteiger partial charge in [-0.1, -0.05) is 6.07 Å². The number of hydrogen-bond acceptors (Lipinski definition) is 5. The highest BCUT2D eigenvalue weighted by atomic mass is 19.4. The van der Waals surface area contributed by atoms with Crippen LogP contribution in [-0.4, -0.2) is 58.6 Å². The van der Waals surface area contributed by atoms with E-state index in [9.17, 15) is 13.2 Å². The number of likely N-dealkylation sites (tertiary alicyclic amines) is 1. The lowest BCUT2D eigenvalue weighted by Gasteiger charge is -2.28. The Morgan fingerprint density at radius 2 is 1.78 bits per heavy atom. The van der Waals surface area contributed by atoms with Gasteiger partial charge >= 0.3 is 6.18 Å². The molecule has 3 atom stereocenters. The summed E-state index contributed by atoms with van der Waals surface area (Å²) in [4.78, 5) is 2.56. The summed E-state index contributed by atoms with van der Waals surface area (Å²) >= 11 is 0. The molecule has 36 heavy (non-hydrogen) atoms. The maximum Gasteiger partial charge on any atom is 0.420 e. The van der Waals surface area contributed by atoms with Crippen LogP contribution in [0.5, 0.6) is 0 Å². The number of halogens is 3. The van der Waals surface area contributed by atoms with Crippen molar-refractivity contribution in [1.82, 2.24) is 19.7 Å². The third-order valence-corrected chi connectivity index (χ3v) is 8.31. The summed E-state index contributed by atoms with van der Waals surface area (Å²) < 4.78 is 49.6. The van der Waals surface area contributed by atoms with Crippen molar-refractivity contribution in [3.8, 4) is 11.3 Å². The van der Waals surface area contributed by atoms with Gasteiger partial charge in [-0.15, -0.1) is 10.2 Å². The monoisotopic (exact) mass is 499 g/mol. The van der Waals surface area contributed by atoms with E-state index in [1.807, 2.05) is 36.0 Å². The normalized spacial score (nSPS) is 25.5. The van der Waals surface area contributed by atoms with E-state index in [1.165, 1.54) is 0 Å². The molecule has 0 radical (unpaired) electrons. The Kier molecular flexibility index (Phi) is 6.16. The summed E-state index contributed by atoms with van der Waals surface area (Å²) in [5, 5.41) is 12.3. The van der Waals surface area contributed by atoms with E-state index in [-0.39, 0.29) is 17.6 Å². The summed E-state index contributed by atoms with van der Waals surface area (Å²) in [6.45, 7) is 4.92. The van der Waals surface area contributed by atoms with Crippen molar-refractivity contribution in [1.29, 1.82) is 0 Å². The SMILES string of the molecule is Cn1ccc2cc(-c3cc(C(F)(F)F)c(NC4C[C@@H]5CN(CC6CCOCC6)C[C@@H]5C4)nn3)ccc21. The number of aryl methyl sites for hydroxylation is 1. The maximum absolute atomic E-state index is 14.1. The van der Waals surface area contributed by atoms with Crippen molar-refractivity contribution in [2.75, 3.05) is 38.2 Å². The van der Waals surface area contributed by atoms with E-state index in [2.05, 4.69) is 20.4 Å². The largest absolute Gasteiger partial charge is 0.420 e. The van der Waals surface area contributed by atoms with Crippen LogP contribution in [0.2, 0.25) is 0 Å². The topological polar surface area (TPSA) is 55.2 Å². The number of nitrogens with zero attached hydrogens (tertiary/aromatic N) is 4. The second-order valence-electron chi connectivity index (χ2n) is 10.8. The fraction of sp³-hybridized carbons (Fsp3) is 0.556. The van der Waals surface area contributed by atoms with Crippen LogP contribution in [0, 0.1) is 17.8 Å². The van der Waals surface area contributed by atoms with Crippen LogP contribution in [0.25, 0.3) is 22.2 Å². The quantitative estimate of drug-likeness (QED) is 0.523. The molecule has 1 aliphatic carbocycles. The molecular formula is C27H32F3N5O. The molecule has 1 saturated carbocycles. The van der Waals surface area contributed by atoms with Gasteiger partial charge in [-0.3, -0.25) is 0 Å². The fourth-order valence-corrected chi connectivity index (χ4v) is 6.45. The average molecular weight is 500 g/mol. The Morgan fingerprint density at radius 3 is 2.50 bits per heavy atom. The fourth-order valence-electron chi connectivity index (χ4n) is 6.45. The van der Waals surface area contributed by atoms with Crippen LogP contribution in [-0.2, 0) is 18.0 Å². The van der Waals surface area contributed by atoms with Crippen LogP contribution in [0.1, 0.15) is 31.2 Å². The summed E-state index contributed by atoms with van der Waals surface area (Å²) in [6, 6.07) is 8.61. The zero-order chi connectivity index (χ0) is 24.9. The van der Waals surface area contributed by atoms with Crippen molar-refractivity contribution < 1.29 is 17.9 Å². The molecule has 6 rings (SSSR count). The maximum atomic E-state index is 14.1. The molecule has 2 saturated heterocycles. The first kappa shape index (κ1) is 23.7. The molecule has 3 fully saturated rings. The third kappa shape index (κ3) is 4.70. The van der Waals surface area contributed by atoms with Gasteiger partial charge in [0.25, 0.3) is 0 Å². The van der Waals surface area contributed by atoms with E-state index in [1.54, 1.807) is 6.07 Å². The summed E-state index contributed by atoms with van der Waals surface area (Å²) in [7, 11) is 1.94. The Labute approximate surface area is 208 Å². The van der Waals surface area contributed by atoms with Gasteiger partial charge in [0.05, 0.1) is 5.69 Å². The number of benzene rings is 1. The number of rotatable bonds is 5. The lowest BCUT2D eigenvalue weighted by Crippen LogP contribution is -2.32. The van der Waals surface area contributed by atoms with Crippen LogP contribution in [0.3, 0.4) is 0 Å². The Hall–Kier alpha value is -2.65. The average Bonchev–Trinajstić information content (AvgIpc) is 3.52. The van der Waals surface area contributed by atoms with E-state index < -0.39 is 11.7 Å². The van der Waals surface area contributed by atoms with Crippen LogP contribution >= 0.6 is 0 Å². The minimum Gasteiger partial charge on any atom is -0.381 e. The highest BCUT2D eigenvalue weighted by Gasteiger charge is 2.43. The zero-order valence-corrected chi connectivity index (χ0v) is 20.5. The Morgan fingerprint density at radius 1 is 1.03 bits per heavy atom. The number of nitrogens with one attached hydrogen (secondary N) is 1. The van der Waals surface area contributed by atoms with E-state index in [0.717, 1.165) is 75.5 Å². The van der Waals surface area contributed by atoms with E-state index >= 15 is 0 Å². The predicted octanol–water partition coefficient (Wildman–Crippen LogP) is 5.20. The molecule has 4 heterocycles. The van der Waals surface area contributed by atoms with Crippen molar-refractivity contribution in [3.63, 3.8) is 0 Å². The van der Waals surface area contributed by atoms with E-state index in [4.69, 9.17) is 4.74 Å². The number of alkyl halides is 3. The Bertz CT molecular complexity index is 1220. The second kappa shape index (κ2) is 9.34. The molecule has 9 heteroatoms. The Balaban J connectivity index is 1.15. The summed E-state index contributed by atoms with van der Waals surface area (Å²) in [6.07, 6.45) is 1.42. The molecule has 1 N–H and O–H groups in total. The second-order valence-corrected chi connectivity index (χ2v) is 10.8. The lowest BCUT2D eigenvalue weighted by atomic mass is 10.00. The minimum atomic E-state index is -4.52. The molecule has 3 aromatic rings. The van der Waals surface area contributed by atoms with E-state index in [0.29, 0.717) is 23.3 Å². The minimum absolute atomic E-state index is 0.00727. The van der Waals surface area contributed by atoms with Crippen molar-refractivity contribution in [2.45, 2.75) is 37.9 Å². The third-order valence-electron chi connectivity index (χ3n) is 8.31. The van der Waals surface area contributed by atoms with Gasteiger partial charge in [-0.2, -0.15) is 13.2 Å². The molecule has 3 aliphatic rings. The first-order valence-electron chi connectivity index (χ1n) is 12.9. The molecule has 1 aromatic carbocycles. The number of aromatic nitrogens is 3. The molecule has 0 bridgehead atoms. The summed E-state index contributed by atoms with van der Waals surface area (Å²) in [5.74, 6) is 1.61. The molecule has 2 aromatic heterocycles. The molecule has 0 spiro atoms. The first-order chi connectivity index (χ1) is 17.3. The van der Waals surface area contributed by atoms with Gasteiger partial charge in [-0.25, -0.2) is 0 Å². The number of hydrogen-bond donors (Lipinski definition) is 1. The molecular weight excluding hydrogens is 467 g/mol. The standard InChI is InChI=1S/C27H32F3N5O/c1-34-7-4-19-10-18(2-3-25(19)34)24-13-23(27(28,29)30)26(33-32-24)31-22-11-20-15-35(16-21(20)12-22)14-17-5-8-36-9-6-17/h2-4,7,10,13,17,20-22H,5-6,8-9,11-12,14-16H2,1H3,(H,31,33)/t20-,21+,22?. The van der Waals surface area contributed by atoms with Crippen molar-refractivity contribution >= 4 is 16.7 Å². The van der Waals surface area contributed by atoms with Crippen LogP contribution < -0.4 is 5.32 Å². The van der Waals surface area contributed by atoms with Crippen molar-refractivity contribution in [3.05, 3.63) is 42.1 Å². The van der Waals surface area contributed by atoms with Gasteiger partial charge < -0.3 is 19.5 Å². The molecule has 6 nitrogen and oxygen atoms in total. The highest BCUT2D eigenvalue weighted by Crippen LogP contribution is 2.42. The van der Waals surface area contributed by atoms with Gasteiger partial charge in [0, 0.05) is 68.6 Å². The summed E-state index contributed by atoms with van der Waals surface area (Å²) in [5.41, 5.74) is 1.11.